The Kier molecular flexibility index (Phi) is 3.80. The molecule has 4 heteroatoms. The Morgan fingerprint density at radius 3 is 2.05 bits per heavy atom. The van der Waals surface area contributed by atoms with Crippen molar-refractivity contribution in [1.29, 1.82) is 0 Å². The van der Waals surface area contributed by atoms with Gasteiger partial charge in [0.25, 0.3) is 0 Å². The summed E-state index contributed by atoms with van der Waals surface area (Å²) in [5.41, 5.74) is 2.20. The van der Waals surface area contributed by atoms with E-state index in [1.807, 2.05) is 19.9 Å². The molecule has 0 fully saturated rings. The average Bonchev–Trinajstić information content (AvgIpc) is 2.39. The van der Waals surface area contributed by atoms with Gasteiger partial charge in [-0.05, 0) is 53.9 Å². The highest BCUT2D eigenvalue weighted by atomic mass is 16.3. The Labute approximate surface area is 112 Å². The van der Waals surface area contributed by atoms with E-state index in [1.165, 1.54) is 0 Å². The second kappa shape index (κ2) is 5.52. The summed E-state index contributed by atoms with van der Waals surface area (Å²) in [5, 5.41) is 27.1. The van der Waals surface area contributed by atoms with Gasteiger partial charge in [0, 0.05) is 0 Å². The normalized spacial score (nSPS) is 11.3. The highest BCUT2D eigenvalue weighted by molar-refractivity contribution is 5.48. The third kappa shape index (κ3) is 3.31. The van der Waals surface area contributed by atoms with Crippen molar-refractivity contribution in [2.75, 3.05) is 0 Å². The first-order chi connectivity index (χ1) is 9.06. The van der Waals surface area contributed by atoms with Gasteiger partial charge in [0.2, 0.25) is 0 Å². The van der Waals surface area contributed by atoms with Crippen molar-refractivity contribution in [3.05, 3.63) is 48.0 Å². The summed E-state index contributed by atoms with van der Waals surface area (Å²) in [5.74, 6) is 0.702. The highest BCUT2D eigenvalue weighted by Crippen LogP contribution is 2.30. The summed E-state index contributed by atoms with van der Waals surface area (Å²) in [7, 11) is 0. The molecule has 19 heavy (non-hydrogen) atoms. The highest BCUT2D eigenvalue weighted by Gasteiger charge is 2.06. The molecule has 2 rings (SSSR count). The summed E-state index contributed by atoms with van der Waals surface area (Å²) < 4.78 is 0. The number of rotatable bonds is 3. The van der Waals surface area contributed by atoms with Crippen molar-refractivity contribution in [2.45, 2.75) is 19.8 Å². The van der Waals surface area contributed by atoms with E-state index in [9.17, 15) is 5.11 Å². The molecule has 0 spiro atoms. The van der Waals surface area contributed by atoms with Gasteiger partial charge in [-0.2, -0.15) is 10.2 Å². The third-order valence-electron chi connectivity index (χ3n) is 2.76. The van der Waals surface area contributed by atoms with Crippen molar-refractivity contribution in [1.82, 2.24) is 0 Å². The minimum atomic E-state index is 0.200. The Hall–Kier alpha value is -2.36. The van der Waals surface area contributed by atoms with Crippen molar-refractivity contribution in [3.8, 4) is 11.5 Å². The van der Waals surface area contributed by atoms with Gasteiger partial charge in [0.1, 0.15) is 11.5 Å². The first-order valence-electron chi connectivity index (χ1n) is 6.10. The van der Waals surface area contributed by atoms with Crippen molar-refractivity contribution < 1.29 is 10.2 Å². The lowest BCUT2D eigenvalue weighted by molar-refractivity contribution is 0.465. The Morgan fingerprint density at radius 1 is 0.842 bits per heavy atom. The van der Waals surface area contributed by atoms with Gasteiger partial charge in [-0.3, -0.25) is 0 Å². The molecular formula is C15H16N2O2. The molecule has 0 aromatic heterocycles. The molecule has 0 radical (unpaired) electrons. The second-order valence-corrected chi connectivity index (χ2v) is 4.61. The number of nitrogens with zero attached hydrogens (tertiary/aromatic N) is 2. The molecule has 0 saturated heterocycles. The lowest BCUT2D eigenvalue weighted by atomic mass is 10.0. The van der Waals surface area contributed by atoms with Gasteiger partial charge in [-0.15, -0.1) is 0 Å². The predicted octanol–water partition coefficient (Wildman–Crippen LogP) is 4.64. The molecule has 2 N–H and O–H groups in total. The largest absolute Gasteiger partial charge is 0.508 e. The molecule has 4 nitrogen and oxygen atoms in total. The summed E-state index contributed by atoms with van der Waals surface area (Å²) >= 11 is 0. The van der Waals surface area contributed by atoms with E-state index in [2.05, 4.69) is 10.2 Å². The lowest BCUT2D eigenvalue weighted by Crippen LogP contribution is -1.86. The standard InChI is InChI=1S/C15H16N2O2/c1-10(2)14-9-12(5-8-15(14)19)17-16-11-3-6-13(18)7-4-11/h3-10,18-19H,1-2H3. The van der Waals surface area contributed by atoms with Crippen LogP contribution in [0.25, 0.3) is 0 Å². The van der Waals surface area contributed by atoms with Crippen LogP contribution >= 0.6 is 0 Å². The van der Waals surface area contributed by atoms with E-state index >= 15 is 0 Å². The zero-order valence-electron chi connectivity index (χ0n) is 10.9. The van der Waals surface area contributed by atoms with Crippen LogP contribution < -0.4 is 0 Å². The van der Waals surface area contributed by atoms with E-state index < -0.39 is 0 Å². The molecule has 0 atom stereocenters. The smallest absolute Gasteiger partial charge is 0.119 e. The maximum atomic E-state index is 9.72. The fraction of sp³-hybridized carbons (Fsp3) is 0.200. The number of hydrogen-bond donors (Lipinski definition) is 2. The van der Waals surface area contributed by atoms with Crippen LogP contribution in [0.5, 0.6) is 11.5 Å². The Balaban J connectivity index is 2.23. The number of phenols is 2. The molecular weight excluding hydrogens is 240 g/mol. The Bertz CT molecular complexity index is 590. The molecule has 0 aliphatic heterocycles. The predicted molar refractivity (Wildman–Crippen MR) is 74.5 cm³/mol. The van der Waals surface area contributed by atoms with Gasteiger partial charge in [0.15, 0.2) is 0 Å². The number of phenolic OH excluding ortho intramolecular Hbond substituents is 2. The van der Waals surface area contributed by atoms with E-state index in [1.54, 1.807) is 36.4 Å². The molecule has 0 aliphatic carbocycles. The van der Waals surface area contributed by atoms with Crippen LogP contribution in [-0.4, -0.2) is 10.2 Å². The third-order valence-corrected chi connectivity index (χ3v) is 2.76. The molecule has 0 unspecified atom stereocenters. The summed E-state index contributed by atoms with van der Waals surface area (Å²) in [4.78, 5) is 0. The second-order valence-electron chi connectivity index (χ2n) is 4.61. The van der Waals surface area contributed by atoms with E-state index in [4.69, 9.17) is 5.11 Å². The quantitative estimate of drug-likeness (QED) is 0.786. The zero-order chi connectivity index (χ0) is 13.8. The summed E-state index contributed by atoms with van der Waals surface area (Å²) in [6, 6.07) is 11.6. The van der Waals surface area contributed by atoms with Crippen LogP contribution in [0.2, 0.25) is 0 Å². The molecule has 2 aromatic rings. The molecule has 2 aromatic carbocycles. The van der Waals surface area contributed by atoms with E-state index in [-0.39, 0.29) is 17.4 Å². The van der Waals surface area contributed by atoms with Crippen LogP contribution in [0.1, 0.15) is 25.3 Å². The van der Waals surface area contributed by atoms with Gasteiger partial charge >= 0.3 is 0 Å². The maximum absolute atomic E-state index is 9.72. The van der Waals surface area contributed by atoms with Crippen LogP contribution in [0.3, 0.4) is 0 Å². The number of benzene rings is 2. The molecule has 0 amide bonds. The monoisotopic (exact) mass is 256 g/mol. The zero-order valence-corrected chi connectivity index (χ0v) is 10.9. The minimum absolute atomic E-state index is 0.200. The lowest BCUT2D eigenvalue weighted by Gasteiger charge is -2.08. The Morgan fingerprint density at radius 2 is 1.42 bits per heavy atom. The van der Waals surface area contributed by atoms with Crippen LogP contribution in [0.4, 0.5) is 11.4 Å². The van der Waals surface area contributed by atoms with Crippen LogP contribution in [-0.2, 0) is 0 Å². The average molecular weight is 256 g/mol. The molecule has 0 aliphatic rings. The van der Waals surface area contributed by atoms with E-state index in [0.717, 1.165) is 5.56 Å². The number of aromatic hydroxyl groups is 2. The fourth-order valence-electron chi connectivity index (χ4n) is 1.70. The van der Waals surface area contributed by atoms with Gasteiger partial charge in [-0.1, -0.05) is 13.8 Å². The van der Waals surface area contributed by atoms with E-state index in [0.29, 0.717) is 11.4 Å². The summed E-state index contributed by atoms with van der Waals surface area (Å²) in [6.45, 7) is 4.02. The number of hydrogen-bond acceptors (Lipinski definition) is 4. The van der Waals surface area contributed by atoms with Crippen molar-refractivity contribution in [3.63, 3.8) is 0 Å². The van der Waals surface area contributed by atoms with Gasteiger partial charge in [-0.25, -0.2) is 0 Å². The van der Waals surface area contributed by atoms with Crippen LogP contribution in [0.15, 0.2) is 52.7 Å². The molecule has 0 heterocycles. The van der Waals surface area contributed by atoms with Gasteiger partial charge < -0.3 is 10.2 Å². The first-order valence-corrected chi connectivity index (χ1v) is 6.10. The topological polar surface area (TPSA) is 65.2 Å². The van der Waals surface area contributed by atoms with Crippen molar-refractivity contribution in [2.24, 2.45) is 10.2 Å². The van der Waals surface area contributed by atoms with Gasteiger partial charge in [0.05, 0.1) is 11.4 Å². The molecule has 0 bridgehead atoms. The fourth-order valence-corrected chi connectivity index (χ4v) is 1.70. The molecule has 0 saturated carbocycles. The first kappa shape index (κ1) is 13.1. The van der Waals surface area contributed by atoms with Crippen molar-refractivity contribution >= 4 is 11.4 Å². The SMILES string of the molecule is CC(C)c1cc(N=Nc2ccc(O)cc2)ccc1O. The minimum Gasteiger partial charge on any atom is -0.508 e. The number of azo groups is 1. The maximum Gasteiger partial charge on any atom is 0.119 e. The van der Waals surface area contributed by atoms with Crippen LogP contribution in [0, 0.1) is 0 Å². The molecule has 98 valence electrons. The summed E-state index contributed by atoms with van der Waals surface area (Å²) in [6.07, 6.45) is 0.